The Morgan fingerprint density at radius 3 is 2.28 bits per heavy atom. The van der Waals surface area contributed by atoms with Crippen LogP contribution in [0.1, 0.15) is 11.1 Å². The Kier molecular flexibility index (Phi) is 4.81. The highest BCUT2D eigenvalue weighted by Gasteiger charge is 1.92. The summed E-state index contributed by atoms with van der Waals surface area (Å²) in [5, 5.41) is 0. The maximum Gasteiger partial charge on any atom is 0.118 e. The van der Waals surface area contributed by atoms with Gasteiger partial charge in [-0.25, -0.2) is 0 Å². The van der Waals surface area contributed by atoms with E-state index in [9.17, 15) is 0 Å². The van der Waals surface area contributed by atoms with Gasteiger partial charge in [-0.2, -0.15) is 0 Å². The third-order valence-corrected chi connectivity index (χ3v) is 3.41. The molecule has 18 heavy (non-hydrogen) atoms. The van der Waals surface area contributed by atoms with Crippen molar-refractivity contribution in [2.24, 2.45) is 0 Å². The Hall–Kier alpha value is -1.29. The van der Waals surface area contributed by atoms with Gasteiger partial charge >= 0.3 is 0 Å². The molecule has 2 rings (SSSR count). The Labute approximate surface area is 122 Å². The second-order valence-electron chi connectivity index (χ2n) is 4.01. The molecule has 0 unspecified atom stereocenters. The fourth-order valence-corrected chi connectivity index (χ4v) is 2.03. The molecule has 2 heteroatoms. The zero-order chi connectivity index (χ0) is 12.8. The Morgan fingerprint density at radius 2 is 1.67 bits per heavy atom. The molecule has 0 amide bonds. The van der Waals surface area contributed by atoms with Gasteiger partial charge in [-0.15, -0.1) is 0 Å². The van der Waals surface area contributed by atoms with E-state index >= 15 is 0 Å². The molecule has 0 saturated carbocycles. The summed E-state index contributed by atoms with van der Waals surface area (Å²) in [5.74, 6) is 0.903. The molecule has 0 aliphatic heterocycles. The van der Waals surface area contributed by atoms with Crippen LogP contribution in [0.5, 0.6) is 5.75 Å². The Balaban J connectivity index is 1.95. The zero-order valence-corrected chi connectivity index (χ0v) is 12.4. The molecule has 0 bridgehead atoms. The first kappa shape index (κ1) is 13.1. The molecule has 0 heterocycles. The summed E-state index contributed by atoms with van der Waals surface area (Å²) in [5.41, 5.74) is 2.53. The number of ether oxygens (including phenoxy) is 1. The first-order valence-electron chi connectivity index (χ1n) is 5.83. The number of hydrogen-bond donors (Lipinski definition) is 0. The van der Waals surface area contributed by atoms with Crippen LogP contribution in [-0.2, 0) is 6.42 Å². The second-order valence-corrected chi connectivity index (χ2v) is 5.25. The summed E-state index contributed by atoms with van der Waals surface area (Å²) in [6, 6.07) is 16.7. The first-order valence-corrected chi connectivity index (χ1v) is 6.91. The van der Waals surface area contributed by atoms with E-state index in [0.29, 0.717) is 0 Å². The van der Waals surface area contributed by atoms with Gasteiger partial charge in [0.25, 0.3) is 0 Å². The van der Waals surface area contributed by atoms with Crippen LogP contribution in [0.2, 0.25) is 0 Å². The van der Waals surface area contributed by atoms with Gasteiger partial charge in [0.2, 0.25) is 0 Å². The van der Waals surface area contributed by atoms with Crippen molar-refractivity contribution in [1.82, 2.24) is 0 Å². The van der Waals surface area contributed by atoms with Gasteiger partial charge < -0.3 is 4.74 Å². The quantitative estimate of drug-likeness (QED) is 0.735. The summed E-state index contributed by atoms with van der Waals surface area (Å²) in [6.45, 7) is 0. The normalized spacial score (nSPS) is 10.8. The summed E-state index contributed by atoms with van der Waals surface area (Å²) in [4.78, 5) is 0. The summed E-state index contributed by atoms with van der Waals surface area (Å²) in [6.07, 6.45) is 5.28. The van der Waals surface area contributed by atoms with Crippen LogP contribution < -0.4 is 4.74 Å². The number of rotatable bonds is 4. The Morgan fingerprint density at radius 1 is 1.00 bits per heavy atom. The van der Waals surface area contributed by atoms with Crippen LogP contribution in [0, 0.1) is 3.57 Å². The third-order valence-electron chi connectivity index (χ3n) is 2.69. The minimum Gasteiger partial charge on any atom is -0.497 e. The van der Waals surface area contributed by atoms with Gasteiger partial charge in [-0.1, -0.05) is 36.4 Å². The summed E-state index contributed by atoms with van der Waals surface area (Å²) in [7, 11) is 1.69. The molecule has 0 saturated heterocycles. The van der Waals surface area contributed by atoms with Crippen LogP contribution >= 0.6 is 22.6 Å². The molecule has 2 aromatic rings. The van der Waals surface area contributed by atoms with E-state index in [1.165, 1.54) is 14.7 Å². The van der Waals surface area contributed by atoms with E-state index in [-0.39, 0.29) is 0 Å². The summed E-state index contributed by atoms with van der Waals surface area (Å²) >= 11 is 2.31. The minimum atomic E-state index is 0.903. The molecule has 0 N–H and O–H groups in total. The Bertz CT molecular complexity index is 512. The molecule has 1 nitrogen and oxygen atoms in total. The van der Waals surface area contributed by atoms with Crippen LogP contribution in [-0.4, -0.2) is 7.11 Å². The van der Waals surface area contributed by atoms with Gasteiger partial charge in [0.1, 0.15) is 5.75 Å². The van der Waals surface area contributed by atoms with Crippen molar-refractivity contribution >= 4 is 28.7 Å². The molecular formula is C16H15IO. The van der Waals surface area contributed by atoms with Gasteiger partial charge in [0, 0.05) is 3.57 Å². The monoisotopic (exact) mass is 350 g/mol. The maximum atomic E-state index is 5.14. The number of hydrogen-bond acceptors (Lipinski definition) is 1. The molecular weight excluding hydrogens is 335 g/mol. The van der Waals surface area contributed by atoms with Crippen molar-refractivity contribution in [2.45, 2.75) is 6.42 Å². The molecule has 0 aliphatic carbocycles. The van der Waals surface area contributed by atoms with Crippen molar-refractivity contribution in [3.63, 3.8) is 0 Å². The van der Waals surface area contributed by atoms with Crippen molar-refractivity contribution < 1.29 is 4.74 Å². The summed E-state index contributed by atoms with van der Waals surface area (Å²) < 4.78 is 6.40. The van der Waals surface area contributed by atoms with E-state index in [2.05, 4.69) is 71.1 Å². The standard InChI is InChI=1S/C16H15IO/c1-18-16-11-7-14(8-12-16)4-2-3-13-5-9-15(17)10-6-13/h2-3,5-12H,4H2,1H3. The topological polar surface area (TPSA) is 9.23 Å². The van der Waals surface area contributed by atoms with E-state index < -0.39 is 0 Å². The average molecular weight is 350 g/mol. The largest absolute Gasteiger partial charge is 0.497 e. The smallest absolute Gasteiger partial charge is 0.118 e. The highest BCUT2D eigenvalue weighted by Crippen LogP contribution is 2.13. The maximum absolute atomic E-state index is 5.14. The molecule has 0 fully saturated rings. The molecule has 2 aromatic carbocycles. The van der Waals surface area contributed by atoms with Crippen LogP contribution in [0.4, 0.5) is 0 Å². The van der Waals surface area contributed by atoms with Crippen molar-refractivity contribution in [2.75, 3.05) is 7.11 Å². The van der Waals surface area contributed by atoms with Crippen molar-refractivity contribution in [3.05, 3.63) is 69.3 Å². The number of methoxy groups -OCH3 is 1. The predicted molar refractivity (Wildman–Crippen MR) is 84.9 cm³/mol. The SMILES string of the molecule is COc1ccc(CC=Cc2ccc(I)cc2)cc1. The van der Waals surface area contributed by atoms with Gasteiger partial charge in [0.15, 0.2) is 0 Å². The minimum absolute atomic E-state index is 0.903. The fraction of sp³-hybridized carbons (Fsp3) is 0.125. The van der Waals surface area contributed by atoms with Gasteiger partial charge in [-0.05, 0) is 64.4 Å². The molecule has 0 aliphatic rings. The van der Waals surface area contributed by atoms with E-state index in [0.717, 1.165) is 12.2 Å². The lowest BCUT2D eigenvalue weighted by Gasteiger charge is -2.00. The fourth-order valence-electron chi connectivity index (χ4n) is 1.67. The van der Waals surface area contributed by atoms with Crippen molar-refractivity contribution in [3.8, 4) is 5.75 Å². The molecule has 0 aromatic heterocycles. The van der Waals surface area contributed by atoms with Gasteiger partial charge in [-0.3, -0.25) is 0 Å². The highest BCUT2D eigenvalue weighted by molar-refractivity contribution is 14.1. The number of halogens is 1. The molecule has 0 radical (unpaired) electrons. The second kappa shape index (κ2) is 6.59. The third kappa shape index (κ3) is 3.88. The molecule has 92 valence electrons. The molecule has 0 atom stereocenters. The van der Waals surface area contributed by atoms with Gasteiger partial charge in [0.05, 0.1) is 7.11 Å². The zero-order valence-electron chi connectivity index (χ0n) is 10.3. The lowest BCUT2D eigenvalue weighted by atomic mass is 10.1. The van der Waals surface area contributed by atoms with Crippen LogP contribution in [0.3, 0.4) is 0 Å². The lowest BCUT2D eigenvalue weighted by molar-refractivity contribution is 0.414. The van der Waals surface area contributed by atoms with Crippen LogP contribution in [0.25, 0.3) is 6.08 Å². The number of allylic oxidation sites excluding steroid dienone is 1. The average Bonchev–Trinajstić information content (AvgIpc) is 2.42. The molecule has 0 spiro atoms. The lowest BCUT2D eigenvalue weighted by Crippen LogP contribution is -1.84. The van der Waals surface area contributed by atoms with Crippen molar-refractivity contribution in [1.29, 1.82) is 0 Å². The number of benzene rings is 2. The van der Waals surface area contributed by atoms with E-state index in [1.807, 2.05) is 12.1 Å². The van der Waals surface area contributed by atoms with E-state index in [1.54, 1.807) is 7.11 Å². The predicted octanol–water partition coefficient (Wildman–Crippen LogP) is 4.56. The van der Waals surface area contributed by atoms with Crippen LogP contribution in [0.15, 0.2) is 54.6 Å². The van der Waals surface area contributed by atoms with E-state index in [4.69, 9.17) is 4.74 Å². The first-order chi connectivity index (χ1) is 8.78. The highest BCUT2D eigenvalue weighted by atomic mass is 127.